The summed E-state index contributed by atoms with van der Waals surface area (Å²) in [5, 5.41) is 2.58. The number of methoxy groups -OCH3 is 1. The summed E-state index contributed by atoms with van der Waals surface area (Å²) in [7, 11) is -1.49. The Balaban J connectivity index is 2.67. The van der Waals surface area contributed by atoms with Gasteiger partial charge in [0.2, 0.25) is 5.91 Å². The molecule has 0 saturated heterocycles. The molecular formula is C15H21NO4S. The third-order valence-corrected chi connectivity index (χ3v) is 4.74. The Bertz CT molecular complexity index is 620. The summed E-state index contributed by atoms with van der Waals surface area (Å²) in [6, 6.07) is 7.39. The predicted molar refractivity (Wildman–Crippen MR) is 84.0 cm³/mol. The minimum Gasteiger partial charge on any atom is -0.496 e. The van der Waals surface area contributed by atoms with Gasteiger partial charge in [-0.1, -0.05) is 25.1 Å². The Morgan fingerprint density at radius 2 is 2.00 bits per heavy atom. The number of sulfone groups is 1. The van der Waals surface area contributed by atoms with Crippen molar-refractivity contribution in [2.24, 2.45) is 0 Å². The summed E-state index contributed by atoms with van der Waals surface area (Å²) in [4.78, 5) is 11.8. The first-order valence-electron chi connectivity index (χ1n) is 6.69. The standard InChI is InChI=1S/C15H21NO4S/c1-4-21(18,19)10-9-16-15(17)11-12(2)13-7-5-6-8-14(13)20-3/h5-8,11H,4,9-10H2,1-3H3,(H,16,17). The van der Waals surface area contributed by atoms with Gasteiger partial charge in [-0.05, 0) is 18.6 Å². The molecule has 1 amide bonds. The van der Waals surface area contributed by atoms with Crippen molar-refractivity contribution in [3.63, 3.8) is 0 Å². The number of rotatable bonds is 7. The van der Waals surface area contributed by atoms with Gasteiger partial charge in [-0.3, -0.25) is 4.79 Å². The Hall–Kier alpha value is -1.82. The molecule has 1 rings (SSSR count). The number of carbonyl (C=O) groups is 1. The smallest absolute Gasteiger partial charge is 0.244 e. The number of allylic oxidation sites excluding steroid dienone is 1. The largest absolute Gasteiger partial charge is 0.496 e. The van der Waals surface area contributed by atoms with Crippen molar-refractivity contribution in [1.29, 1.82) is 0 Å². The first-order chi connectivity index (χ1) is 9.89. The van der Waals surface area contributed by atoms with Crippen LogP contribution in [0.25, 0.3) is 5.57 Å². The number of nitrogens with one attached hydrogen (secondary N) is 1. The molecule has 1 aromatic carbocycles. The van der Waals surface area contributed by atoms with E-state index in [0.717, 1.165) is 11.1 Å². The molecule has 116 valence electrons. The quantitative estimate of drug-likeness (QED) is 0.777. The summed E-state index contributed by atoms with van der Waals surface area (Å²) in [5.41, 5.74) is 1.58. The van der Waals surface area contributed by atoms with E-state index in [-0.39, 0.29) is 24.0 Å². The average Bonchev–Trinajstić information content (AvgIpc) is 2.46. The molecule has 6 heteroatoms. The third-order valence-electron chi connectivity index (χ3n) is 3.03. The van der Waals surface area contributed by atoms with Crippen LogP contribution in [0.3, 0.4) is 0 Å². The van der Waals surface area contributed by atoms with Crippen LogP contribution in [0.5, 0.6) is 5.75 Å². The van der Waals surface area contributed by atoms with Crippen LogP contribution < -0.4 is 10.1 Å². The molecule has 0 aliphatic heterocycles. The molecule has 0 atom stereocenters. The number of ether oxygens (including phenoxy) is 1. The number of amides is 1. The van der Waals surface area contributed by atoms with Gasteiger partial charge in [0.05, 0.1) is 12.9 Å². The molecule has 0 radical (unpaired) electrons. The highest BCUT2D eigenvalue weighted by molar-refractivity contribution is 7.91. The van der Waals surface area contributed by atoms with E-state index in [1.54, 1.807) is 21.0 Å². The normalized spacial score (nSPS) is 12.0. The Kier molecular flexibility index (Phi) is 6.42. The van der Waals surface area contributed by atoms with Gasteiger partial charge in [-0.25, -0.2) is 8.42 Å². The maximum atomic E-state index is 11.8. The van der Waals surface area contributed by atoms with Gasteiger partial charge in [0.1, 0.15) is 5.75 Å². The monoisotopic (exact) mass is 311 g/mol. The van der Waals surface area contributed by atoms with Crippen molar-refractivity contribution >= 4 is 21.3 Å². The zero-order valence-corrected chi connectivity index (χ0v) is 13.4. The fraction of sp³-hybridized carbons (Fsp3) is 0.400. The molecule has 0 aliphatic carbocycles. The summed E-state index contributed by atoms with van der Waals surface area (Å²) in [6.45, 7) is 3.51. The van der Waals surface area contributed by atoms with Gasteiger partial charge >= 0.3 is 0 Å². The predicted octanol–water partition coefficient (Wildman–Crippen LogP) is 1.65. The molecule has 5 nitrogen and oxygen atoms in total. The van der Waals surface area contributed by atoms with E-state index >= 15 is 0 Å². The Labute approximate surface area is 125 Å². The first kappa shape index (κ1) is 17.2. The number of para-hydroxylation sites is 1. The highest BCUT2D eigenvalue weighted by Crippen LogP contribution is 2.24. The van der Waals surface area contributed by atoms with Crippen LogP contribution >= 0.6 is 0 Å². The second-order valence-electron chi connectivity index (χ2n) is 4.56. The summed E-state index contributed by atoms with van der Waals surface area (Å²) in [5.74, 6) is 0.410. The summed E-state index contributed by atoms with van der Waals surface area (Å²) in [6.07, 6.45) is 1.44. The minimum absolute atomic E-state index is 0.0449. The number of benzene rings is 1. The van der Waals surface area contributed by atoms with Crippen molar-refractivity contribution < 1.29 is 17.9 Å². The molecule has 0 heterocycles. The molecule has 0 spiro atoms. The zero-order chi connectivity index (χ0) is 15.9. The van der Waals surface area contributed by atoms with Gasteiger partial charge in [-0.2, -0.15) is 0 Å². The van der Waals surface area contributed by atoms with E-state index < -0.39 is 9.84 Å². The van der Waals surface area contributed by atoms with Crippen LogP contribution in [0.2, 0.25) is 0 Å². The molecular weight excluding hydrogens is 290 g/mol. The van der Waals surface area contributed by atoms with Crippen LogP contribution in [0.15, 0.2) is 30.3 Å². The van der Waals surface area contributed by atoms with E-state index in [1.165, 1.54) is 6.08 Å². The lowest BCUT2D eigenvalue weighted by Gasteiger charge is -2.08. The molecule has 0 unspecified atom stereocenters. The summed E-state index contributed by atoms with van der Waals surface area (Å²) >= 11 is 0. The molecule has 1 aromatic rings. The van der Waals surface area contributed by atoms with Gasteiger partial charge < -0.3 is 10.1 Å². The van der Waals surface area contributed by atoms with E-state index in [9.17, 15) is 13.2 Å². The van der Waals surface area contributed by atoms with Gasteiger partial charge in [0.25, 0.3) is 0 Å². The van der Waals surface area contributed by atoms with Crippen LogP contribution in [0.4, 0.5) is 0 Å². The fourth-order valence-corrected chi connectivity index (χ4v) is 2.47. The van der Waals surface area contributed by atoms with Crippen molar-refractivity contribution in [3.05, 3.63) is 35.9 Å². The highest BCUT2D eigenvalue weighted by Gasteiger charge is 2.09. The maximum Gasteiger partial charge on any atom is 0.244 e. The number of hydrogen-bond donors (Lipinski definition) is 1. The van der Waals surface area contributed by atoms with E-state index in [0.29, 0.717) is 5.75 Å². The van der Waals surface area contributed by atoms with E-state index in [4.69, 9.17) is 4.74 Å². The average molecular weight is 311 g/mol. The Morgan fingerprint density at radius 3 is 2.62 bits per heavy atom. The second-order valence-corrected chi connectivity index (χ2v) is 7.03. The Morgan fingerprint density at radius 1 is 1.33 bits per heavy atom. The van der Waals surface area contributed by atoms with Gasteiger partial charge in [0, 0.05) is 23.9 Å². The number of carbonyl (C=O) groups excluding carboxylic acids is 1. The van der Waals surface area contributed by atoms with Crippen molar-refractivity contribution in [1.82, 2.24) is 5.32 Å². The van der Waals surface area contributed by atoms with Crippen molar-refractivity contribution in [3.8, 4) is 5.75 Å². The second kappa shape index (κ2) is 7.83. The van der Waals surface area contributed by atoms with Gasteiger partial charge in [-0.15, -0.1) is 0 Å². The maximum absolute atomic E-state index is 11.8. The van der Waals surface area contributed by atoms with Crippen LogP contribution in [0.1, 0.15) is 19.4 Å². The zero-order valence-electron chi connectivity index (χ0n) is 12.5. The van der Waals surface area contributed by atoms with E-state index in [2.05, 4.69) is 5.32 Å². The van der Waals surface area contributed by atoms with Crippen LogP contribution in [-0.4, -0.2) is 39.5 Å². The van der Waals surface area contributed by atoms with Crippen molar-refractivity contribution in [2.45, 2.75) is 13.8 Å². The molecule has 21 heavy (non-hydrogen) atoms. The number of hydrogen-bond acceptors (Lipinski definition) is 4. The molecule has 0 aromatic heterocycles. The van der Waals surface area contributed by atoms with Gasteiger partial charge in [0.15, 0.2) is 9.84 Å². The van der Waals surface area contributed by atoms with Crippen molar-refractivity contribution in [2.75, 3.05) is 25.2 Å². The first-order valence-corrected chi connectivity index (χ1v) is 8.51. The van der Waals surface area contributed by atoms with E-state index in [1.807, 2.05) is 24.3 Å². The minimum atomic E-state index is -3.06. The molecule has 0 aliphatic rings. The molecule has 0 bridgehead atoms. The molecule has 0 fully saturated rings. The summed E-state index contributed by atoms with van der Waals surface area (Å²) < 4.78 is 27.9. The third kappa shape index (κ3) is 5.59. The SMILES string of the molecule is CCS(=O)(=O)CCNC(=O)C=C(C)c1ccccc1OC. The lowest BCUT2D eigenvalue weighted by atomic mass is 10.1. The van der Waals surface area contributed by atoms with Crippen LogP contribution in [0, 0.1) is 0 Å². The fourth-order valence-electron chi connectivity index (χ4n) is 1.77. The topological polar surface area (TPSA) is 72.5 Å². The lowest BCUT2D eigenvalue weighted by Crippen LogP contribution is -2.28. The molecule has 1 N–H and O–H groups in total. The van der Waals surface area contributed by atoms with Crippen LogP contribution in [-0.2, 0) is 14.6 Å². The highest BCUT2D eigenvalue weighted by atomic mass is 32.2. The lowest BCUT2D eigenvalue weighted by molar-refractivity contribution is -0.116. The molecule has 0 saturated carbocycles.